The largest absolute Gasteiger partial charge is 0.522 e. The van der Waals surface area contributed by atoms with Crippen molar-refractivity contribution in [2.75, 3.05) is 0 Å². The lowest BCUT2D eigenvalue weighted by Crippen LogP contribution is -2.21. The molecule has 72 valence electrons. The van der Waals surface area contributed by atoms with Crippen molar-refractivity contribution in [3.05, 3.63) is 0 Å². The lowest BCUT2D eigenvalue weighted by molar-refractivity contribution is -0.0510. The minimum absolute atomic E-state index is 1.69. The summed E-state index contributed by atoms with van der Waals surface area (Å²) in [4.78, 5) is 0. The second kappa shape index (κ2) is 4.84. The topological polar surface area (TPSA) is 80.4 Å². The van der Waals surface area contributed by atoms with E-state index in [2.05, 4.69) is 17.7 Å². The third-order valence-corrected chi connectivity index (χ3v) is 1.02. The summed E-state index contributed by atoms with van der Waals surface area (Å²) < 4.78 is 57.5. The summed E-state index contributed by atoms with van der Waals surface area (Å²) in [5, 5.41) is 0. The van der Waals surface area contributed by atoms with E-state index in [1.807, 2.05) is 0 Å². The fourth-order valence-electron chi connectivity index (χ4n) is 0. The van der Waals surface area contributed by atoms with Crippen molar-refractivity contribution >= 4 is 10.1 Å². The number of hydrogen-bond acceptors (Lipinski definition) is 3. The molecule has 0 aromatic heterocycles. The highest BCUT2D eigenvalue weighted by atomic mass is 32.2. The van der Waals surface area contributed by atoms with Crippen molar-refractivity contribution in [2.24, 2.45) is 5.73 Å². The minimum atomic E-state index is -5.84. The maximum atomic E-state index is 10.7. The average Bonchev–Trinajstić information content (AvgIpc) is 1.84. The number of alkyl halides is 3. The van der Waals surface area contributed by atoms with Gasteiger partial charge in [0.15, 0.2) is 0 Å². The molecule has 0 radical (unpaired) electrons. The zero-order valence-electron chi connectivity index (χ0n) is 5.88. The molecule has 3 N–H and O–H groups in total. The number of rotatable bonds is 0. The van der Waals surface area contributed by atoms with Crippen LogP contribution in [-0.2, 0) is 10.1 Å². The predicted octanol–water partition coefficient (Wildman–Crippen LogP) is 0.320. The van der Waals surface area contributed by atoms with E-state index in [0.29, 0.717) is 0 Å². The Bertz CT molecular complexity index is 264. The van der Waals surface area contributed by atoms with Gasteiger partial charge in [0.2, 0.25) is 0 Å². The zero-order valence-corrected chi connectivity index (χ0v) is 6.70. The van der Waals surface area contributed by atoms with Crippen molar-refractivity contribution < 1.29 is 26.1 Å². The lowest BCUT2D eigenvalue weighted by atomic mass is 10.8. The van der Waals surface area contributed by atoms with Gasteiger partial charge in [-0.1, -0.05) is 5.92 Å². The van der Waals surface area contributed by atoms with Crippen LogP contribution < -0.4 is 5.73 Å². The van der Waals surface area contributed by atoms with Gasteiger partial charge in [-0.25, -0.2) is 0 Å². The van der Waals surface area contributed by atoms with Gasteiger partial charge in [-0.2, -0.15) is 21.6 Å². The second-order valence-corrected chi connectivity index (χ2v) is 2.73. The molecule has 0 rings (SSSR count). The van der Waals surface area contributed by atoms with E-state index in [1.54, 1.807) is 6.92 Å². The summed E-state index contributed by atoms with van der Waals surface area (Å²) >= 11 is 0. The van der Waals surface area contributed by atoms with E-state index in [4.69, 9.17) is 13.0 Å². The van der Waals surface area contributed by atoms with Crippen LogP contribution >= 0.6 is 0 Å². The molecule has 0 amide bonds. The Morgan fingerprint density at radius 1 is 1.42 bits per heavy atom. The van der Waals surface area contributed by atoms with Crippen molar-refractivity contribution in [3.63, 3.8) is 0 Å². The van der Waals surface area contributed by atoms with Crippen molar-refractivity contribution in [1.82, 2.24) is 0 Å². The van der Waals surface area contributed by atoms with Gasteiger partial charge in [-0.05, 0) is 6.92 Å². The lowest BCUT2D eigenvalue weighted by Gasteiger charge is -1.97. The Morgan fingerprint density at radius 2 is 1.58 bits per heavy atom. The van der Waals surface area contributed by atoms with Gasteiger partial charge >= 0.3 is 15.6 Å². The highest BCUT2D eigenvalue weighted by Crippen LogP contribution is 2.20. The Labute approximate surface area is 67.3 Å². The molecule has 0 aliphatic carbocycles. The molecular formula is C4H6F3NO3S. The van der Waals surface area contributed by atoms with Crippen LogP contribution in [0.1, 0.15) is 6.92 Å². The molecule has 0 aliphatic heterocycles. The second-order valence-electron chi connectivity index (χ2n) is 1.32. The molecule has 0 unspecified atom stereocenters. The molecule has 0 bridgehead atoms. The molecular weight excluding hydrogens is 199 g/mol. The molecule has 0 saturated carbocycles. The zero-order chi connectivity index (χ0) is 10.4. The fraction of sp³-hybridized carbons (Fsp3) is 0.500. The molecule has 0 fully saturated rings. The molecule has 0 aromatic rings. The van der Waals surface area contributed by atoms with Crippen LogP contribution in [-0.4, -0.2) is 18.5 Å². The Kier molecular flexibility index (Phi) is 5.50. The van der Waals surface area contributed by atoms with E-state index < -0.39 is 15.6 Å². The third kappa shape index (κ3) is 7.17. The first-order valence-corrected chi connectivity index (χ1v) is 3.77. The maximum absolute atomic E-state index is 10.7. The van der Waals surface area contributed by atoms with Crippen molar-refractivity contribution in [3.8, 4) is 12.0 Å². The number of hydrogen-bond donors (Lipinski definition) is 2. The SMILES string of the molecule is CC#CN.O=S(=O)(O)C(F)(F)F. The average molecular weight is 205 g/mol. The first-order valence-electron chi connectivity index (χ1n) is 2.33. The Balaban J connectivity index is 0. The van der Waals surface area contributed by atoms with Gasteiger partial charge < -0.3 is 5.73 Å². The van der Waals surface area contributed by atoms with Crippen molar-refractivity contribution in [1.29, 1.82) is 0 Å². The molecule has 8 heteroatoms. The molecule has 0 aromatic carbocycles. The predicted molar refractivity (Wildman–Crippen MR) is 35.2 cm³/mol. The maximum Gasteiger partial charge on any atom is 0.522 e. The first kappa shape index (κ1) is 13.6. The molecule has 4 nitrogen and oxygen atoms in total. The summed E-state index contributed by atoms with van der Waals surface area (Å²) in [6.45, 7) is 1.69. The molecule has 0 atom stereocenters. The fourth-order valence-corrected chi connectivity index (χ4v) is 0. The minimum Gasteiger partial charge on any atom is -0.359 e. The molecule has 0 heterocycles. The summed E-state index contributed by atoms with van der Waals surface area (Å²) in [5.74, 6) is 2.46. The van der Waals surface area contributed by atoms with E-state index in [9.17, 15) is 13.2 Å². The highest BCUT2D eigenvalue weighted by Gasteiger charge is 2.44. The van der Waals surface area contributed by atoms with Crippen LogP contribution in [0.3, 0.4) is 0 Å². The third-order valence-electron chi connectivity index (χ3n) is 0.437. The van der Waals surface area contributed by atoms with E-state index in [0.717, 1.165) is 0 Å². The van der Waals surface area contributed by atoms with Crippen LogP contribution in [0.4, 0.5) is 13.2 Å². The van der Waals surface area contributed by atoms with E-state index in [-0.39, 0.29) is 0 Å². The van der Waals surface area contributed by atoms with Gasteiger partial charge in [0, 0.05) is 6.04 Å². The summed E-state index contributed by atoms with van der Waals surface area (Å²) in [6, 6.07) is 2.18. The van der Waals surface area contributed by atoms with Gasteiger partial charge in [0.1, 0.15) is 0 Å². The monoisotopic (exact) mass is 205 g/mol. The van der Waals surface area contributed by atoms with Gasteiger partial charge in [0.05, 0.1) is 0 Å². The Morgan fingerprint density at radius 3 is 1.58 bits per heavy atom. The van der Waals surface area contributed by atoms with Crippen LogP contribution in [0.25, 0.3) is 0 Å². The smallest absolute Gasteiger partial charge is 0.359 e. The van der Waals surface area contributed by atoms with E-state index in [1.165, 1.54) is 0 Å². The molecule has 12 heavy (non-hydrogen) atoms. The number of halogens is 3. The standard InChI is InChI=1S/C3H5N.CHF3O3S/c1-2-3-4;2-1(3,4)8(5,6)7/h4H2,1H3;(H,5,6,7). The van der Waals surface area contributed by atoms with Crippen LogP contribution in [0.2, 0.25) is 0 Å². The summed E-state index contributed by atoms with van der Waals surface area (Å²) in [6.07, 6.45) is 0. The number of nitrogens with two attached hydrogens (primary N) is 1. The van der Waals surface area contributed by atoms with Gasteiger partial charge in [0.25, 0.3) is 0 Å². The normalized spacial score (nSPS) is 10.4. The highest BCUT2D eigenvalue weighted by molar-refractivity contribution is 7.86. The van der Waals surface area contributed by atoms with Crippen molar-refractivity contribution in [2.45, 2.75) is 12.4 Å². The van der Waals surface area contributed by atoms with Gasteiger partial charge in [-0.3, -0.25) is 4.55 Å². The Hall–Kier alpha value is -0.940. The molecule has 0 spiro atoms. The van der Waals surface area contributed by atoms with Gasteiger partial charge in [-0.15, -0.1) is 0 Å². The van der Waals surface area contributed by atoms with E-state index >= 15 is 0 Å². The van der Waals surface area contributed by atoms with Crippen LogP contribution in [0.5, 0.6) is 0 Å². The van der Waals surface area contributed by atoms with Crippen LogP contribution in [0.15, 0.2) is 0 Å². The molecule has 0 saturated heterocycles. The molecule has 0 aliphatic rings. The first-order chi connectivity index (χ1) is 5.16. The van der Waals surface area contributed by atoms with Crippen LogP contribution in [0, 0.1) is 12.0 Å². The quantitative estimate of drug-likeness (QED) is 0.258. The summed E-state index contributed by atoms with van der Waals surface area (Å²) in [5.41, 5.74) is -0.868. The summed E-state index contributed by atoms with van der Waals surface area (Å²) in [7, 11) is -5.84.